The Balaban J connectivity index is 2.68. The van der Waals surface area contributed by atoms with Crippen molar-refractivity contribution in [3.8, 4) is 0 Å². The number of hydrogen-bond donors (Lipinski definition) is 2. The molecule has 5 heteroatoms. The lowest BCUT2D eigenvalue weighted by atomic mass is 10.3. The molecular formula is C7H6N2O2S. The van der Waals surface area contributed by atoms with Gasteiger partial charge in [-0.25, -0.2) is 4.21 Å². The van der Waals surface area contributed by atoms with E-state index in [-0.39, 0.29) is 0 Å². The van der Waals surface area contributed by atoms with Gasteiger partial charge in [-0.15, -0.1) is 0 Å². The zero-order chi connectivity index (χ0) is 8.55. The Morgan fingerprint density at radius 3 is 3.08 bits per heavy atom. The summed E-state index contributed by atoms with van der Waals surface area (Å²) in [6, 6.07) is 4.97. The third-order valence-electron chi connectivity index (χ3n) is 1.62. The first-order valence-corrected chi connectivity index (χ1v) is 4.42. The van der Waals surface area contributed by atoms with Crippen LogP contribution in [0, 0.1) is 0 Å². The number of aromatic amines is 1. The van der Waals surface area contributed by atoms with E-state index in [1.807, 2.05) is 0 Å². The second kappa shape index (κ2) is 2.69. The van der Waals surface area contributed by atoms with Crippen LogP contribution in [-0.4, -0.2) is 19.0 Å². The zero-order valence-corrected chi connectivity index (χ0v) is 6.84. The Bertz CT molecular complexity index is 438. The van der Waals surface area contributed by atoms with E-state index in [1.165, 1.54) is 0 Å². The van der Waals surface area contributed by atoms with Gasteiger partial charge in [-0.3, -0.25) is 5.10 Å². The summed E-state index contributed by atoms with van der Waals surface area (Å²) in [6.45, 7) is 0. The summed E-state index contributed by atoms with van der Waals surface area (Å²) >= 11 is -1.92. The van der Waals surface area contributed by atoms with Crippen molar-refractivity contribution in [1.82, 2.24) is 10.2 Å². The van der Waals surface area contributed by atoms with E-state index in [2.05, 4.69) is 10.2 Å². The van der Waals surface area contributed by atoms with E-state index < -0.39 is 11.1 Å². The van der Waals surface area contributed by atoms with Crippen molar-refractivity contribution < 1.29 is 8.76 Å². The monoisotopic (exact) mass is 182 g/mol. The van der Waals surface area contributed by atoms with E-state index in [4.69, 9.17) is 4.55 Å². The Kier molecular flexibility index (Phi) is 1.67. The molecule has 2 rings (SSSR count). The minimum absolute atomic E-state index is 0.381. The van der Waals surface area contributed by atoms with Crippen molar-refractivity contribution in [1.29, 1.82) is 0 Å². The molecule has 62 valence electrons. The predicted octanol–water partition coefficient (Wildman–Crippen LogP) is 1.14. The van der Waals surface area contributed by atoms with Gasteiger partial charge in [-0.2, -0.15) is 5.10 Å². The van der Waals surface area contributed by atoms with E-state index in [0.717, 1.165) is 10.9 Å². The Morgan fingerprint density at radius 1 is 1.50 bits per heavy atom. The molecule has 2 aromatic rings. The van der Waals surface area contributed by atoms with Crippen molar-refractivity contribution in [2.24, 2.45) is 0 Å². The number of rotatable bonds is 1. The molecule has 0 saturated heterocycles. The SMILES string of the molecule is O=S(O)c1ccc2cn[nH]c2c1. The molecule has 1 aromatic heterocycles. The predicted molar refractivity (Wildman–Crippen MR) is 45.1 cm³/mol. The van der Waals surface area contributed by atoms with Crippen LogP contribution >= 0.6 is 0 Å². The molecule has 0 spiro atoms. The highest BCUT2D eigenvalue weighted by Gasteiger charge is 2.01. The highest BCUT2D eigenvalue weighted by atomic mass is 32.2. The molecule has 2 N–H and O–H groups in total. The van der Waals surface area contributed by atoms with E-state index in [1.54, 1.807) is 24.4 Å². The number of nitrogens with one attached hydrogen (secondary N) is 1. The van der Waals surface area contributed by atoms with Crippen LogP contribution < -0.4 is 0 Å². The lowest BCUT2D eigenvalue weighted by molar-refractivity contribution is 0.564. The second-order valence-electron chi connectivity index (χ2n) is 2.37. The van der Waals surface area contributed by atoms with Crippen LogP contribution in [0.3, 0.4) is 0 Å². The summed E-state index contributed by atoms with van der Waals surface area (Å²) < 4.78 is 19.4. The molecule has 0 aliphatic carbocycles. The summed E-state index contributed by atoms with van der Waals surface area (Å²) in [5, 5.41) is 7.45. The average molecular weight is 182 g/mol. The highest BCUT2D eigenvalue weighted by molar-refractivity contribution is 7.79. The molecule has 1 atom stereocenters. The van der Waals surface area contributed by atoms with Gasteiger partial charge in [0.15, 0.2) is 11.1 Å². The topological polar surface area (TPSA) is 66.0 Å². The number of nitrogens with zero attached hydrogens (tertiary/aromatic N) is 1. The molecule has 0 fully saturated rings. The first-order valence-electron chi connectivity index (χ1n) is 3.31. The number of fused-ring (bicyclic) bond motifs is 1. The average Bonchev–Trinajstić information content (AvgIpc) is 2.49. The molecule has 1 aromatic carbocycles. The maximum absolute atomic E-state index is 10.6. The normalized spacial score (nSPS) is 13.4. The van der Waals surface area contributed by atoms with Gasteiger partial charge >= 0.3 is 0 Å². The van der Waals surface area contributed by atoms with E-state index >= 15 is 0 Å². The molecule has 1 unspecified atom stereocenters. The lowest BCUT2D eigenvalue weighted by Gasteiger charge is -1.93. The molecule has 12 heavy (non-hydrogen) atoms. The fourth-order valence-corrected chi connectivity index (χ4v) is 1.43. The first kappa shape index (κ1) is 7.45. The molecule has 0 saturated carbocycles. The first-order chi connectivity index (χ1) is 5.77. The van der Waals surface area contributed by atoms with Crippen molar-refractivity contribution in [3.63, 3.8) is 0 Å². The quantitative estimate of drug-likeness (QED) is 0.650. The van der Waals surface area contributed by atoms with Gasteiger partial charge in [0, 0.05) is 5.39 Å². The standard InChI is InChI=1S/C7H6N2O2S/c10-12(11)6-2-1-5-4-8-9-7(5)3-6/h1-4H,(H,8,9)(H,10,11). The summed E-state index contributed by atoms with van der Waals surface area (Å²) in [5.74, 6) is 0. The number of aromatic nitrogens is 2. The molecule has 1 heterocycles. The van der Waals surface area contributed by atoms with Crippen molar-refractivity contribution >= 4 is 22.0 Å². The second-order valence-corrected chi connectivity index (χ2v) is 3.34. The summed E-state index contributed by atoms with van der Waals surface area (Å²) in [6.07, 6.45) is 1.67. The molecule has 0 radical (unpaired) electrons. The molecular weight excluding hydrogens is 176 g/mol. The van der Waals surface area contributed by atoms with Crippen molar-refractivity contribution in [3.05, 3.63) is 24.4 Å². The van der Waals surface area contributed by atoms with Crippen LogP contribution in [0.5, 0.6) is 0 Å². The number of hydrogen-bond acceptors (Lipinski definition) is 2. The Labute approximate surface area is 70.9 Å². The van der Waals surface area contributed by atoms with Gasteiger partial charge < -0.3 is 4.55 Å². The lowest BCUT2D eigenvalue weighted by Crippen LogP contribution is -1.86. The largest absolute Gasteiger partial charge is 0.302 e. The van der Waals surface area contributed by atoms with Gasteiger partial charge in [0.05, 0.1) is 16.6 Å². The van der Waals surface area contributed by atoms with Crippen molar-refractivity contribution in [2.75, 3.05) is 0 Å². The molecule has 0 amide bonds. The van der Waals surface area contributed by atoms with Gasteiger partial charge in [0.2, 0.25) is 0 Å². The smallest absolute Gasteiger partial charge is 0.186 e. The van der Waals surface area contributed by atoms with E-state index in [9.17, 15) is 4.21 Å². The van der Waals surface area contributed by atoms with Crippen LogP contribution in [0.25, 0.3) is 10.9 Å². The van der Waals surface area contributed by atoms with Gasteiger partial charge in [0.1, 0.15) is 0 Å². The van der Waals surface area contributed by atoms with Crippen molar-refractivity contribution in [2.45, 2.75) is 4.90 Å². The summed E-state index contributed by atoms with van der Waals surface area (Å²) in [4.78, 5) is 0.381. The summed E-state index contributed by atoms with van der Waals surface area (Å²) in [5.41, 5.74) is 0.773. The van der Waals surface area contributed by atoms with Crippen LogP contribution in [0.4, 0.5) is 0 Å². The van der Waals surface area contributed by atoms with Crippen LogP contribution in [0.2, 0.25) is 0 Å². The molecule has 0 bridgehead atoms. The summed E-state index contributed by atoms with van der Waals surface area (Å²) in [7, 11) is 0. The molecule has 0 aliphatic rings. The fourth-order valence-electron chi connectivity index (χ4n) is 1.02. The van der Waals surface area contributed by atoms with Gasteiger partial charge in [0.25, 0.3) is 0 Å². The number of benzene rings is 1. The molecule has 0 aliphatic heterocycles. The van der Waals surface area contributed by atoms with E-state index in [0.29, 0.717) is 4.90 Å². The van der Waals surface area contributed by atoms with Crippen LogP contribution in [0.1, 0.15) is 0 Å². The Hall–Kier alpha value is -1.20. The number of H-pyrrole nitrogens is 1. The molecule has 4 nitrogen and oxygen atoms in total. The Morgan fingerprint density at radius 2 is 2.33 bits per heavy atom. The van der Waals surface area contributed by atoms with Gasteiger partial charge in [-0.05, 0) is 18.2 Å². The zero-order valence-electron chi connectivity index (χ0n) is 6.02. The highest BCUT2D eigenvalue weighted by Crippen LogP contribution is 2.14. The minimum atomic E-state index is -1.92. The van der Waals surface area contributed by atoms with Crippen LogP contribution in [-0.2, 0) is 11.1 Å². The van der Waals surface area contributed by atoms with Crippen LogP contribution in [0.15, 0.2) is 29.3 Å². The third-order valence-corrected chi connectivity index (χ3v) is 2.27. The maximum Gasteiger partial charge on any atom is 0.186 e. The minimum Gasteiger partial charge on any atom is -0.302 e. The van der Waals surface area contributed by atoms with Gasteiger partial charge in [-0.1, -0.05) is 0 Å². The fraction of sp³-hybridized carbons (Fsp3) is 0. The third kappa shape index (κ3) is 1.13. The maximum atomic E-state index is 10.6.